The second-order valence-corrected chi connectivity index (χ2v) is 5.34. The first kappa shape index (κ1) is 19.5. The number of carbonyl (C=O) groups excluding carboxylic acids is 2. The van der Waals surface area contributed by atoms with Crippen LogP contribution in [0.4, 0.5) is 4.79 Å². The van der Waals surface area contributed by atoms with Crippen molar-refractivity contribution in [1.82, 2.24) is 4.90 Å². The molecule has 1 atom stereocenters. The van der Waals surface area contributed by atoms with E-state index in [2.05, 4.69) is 0 Å². The molecule has 7 nitrogen and oxygen atoms in total. The Bertz CT molecular complexity index is 545. The second kappa shape index (κ2) is 10.3. The van der Waals surface area contributed by atoms with Gasteiger partial charge in [-0.05, 0) is 24.8 Å². The standard InChI is InChI=1S/C17H23NO6/c1-13(19)23-11-7-6-10-15(16(20)21)18(2)17(22)24-12-14-8-4-3-5-9-14/h3-5,8-9,15H,6-7,10-12H2,1-2H3,(H,20,21)/t15-/m0/s1. The van der Waals surface area contributed by atoms with E-state index in [4.69, 9.17) is 9.47 Å². The van der Waals surface area contributed by atoms with Crippen molar-refractivity contribution in [3.05, 3.63) is 35.9 Å². The van der Waals surface area contributed by atoms with Crippen molar-refractivity contribution in [3.8, 4) is 0 Å². The zero-order chi connectivity index (χ0) is 17.9. The van der Waals surface area contributed by atoms with Crippen LogP contribution in [0, 0.1) is 0 Å². The number of carbonyl (C=O) groups is 3. The van der Waals surface area contributed by atoms with Crippen LogP contribution in [0.5, 0.6) is 0 Å². The molecule has 1 rings (SSSR count). The van der Waals surface area contributed by atoms with E-state index in [1.54, 1.807) is 0 Å². The van der Waals surface area contributed by atoms with E-state index in [1.807, 2.05) is 30.3 Å². The third-order valence-corrected chi connectivity index (χ3v) is 3.42. The van der Waals surface area contributed by atoms with Crippen LogP contribution in [0.2, 0.25) is 0 Å². The van der Waals surface area contributed by atoms with E-state index in [0.717, 1.165) is 10.5 Å². The number of esters is 1. The SMILES string of the molecule is CC(=O)OCCCC[C@@H](C(=O)O)N(C)C(=O)OCc1ccccc1. The summed E-state index contributed by atoms with van der Waals surface area (Å²) < 4.78 is 9.92. The number of aliphatic carboxylic acids is 1. The van der Waals surface area contributed by atoms with E-state index in [1.165, 1.54) is 14.0 Å². The zero-order valence-electron chi connectivity index (χ0n) is 13.9. The second-order valence-electron chi connectivity index (χ2n) is 5.34. The largest absolute Gasteiger partial charge is 0.480 e. The molecule has 24 heavy (non-hydrogen) atoms. The highest BCUT2D eigenvalue weighted by Gasteiger charge is 2.27. The number of amides is 1. The van der Waals surface area contributed by atoms with Crippen LogP contribution in [0.25, 0.3) is 0 Å². The van der Waals surface area contributed by atoms with Gasteiger partial charge in [-0.2, -0.15) is 0 Å². The van der Waals surface area contributed by atoms with Crippen molar-refractivity contribution in [3.63, 3.8) is 0 Å². The first-order chi connectivity index (χ1) is 11.4. The molecule has 0 saturated carbocycles. The summed E-state index contributed by atoms with van der Waals surface area (Å²) in [4.78, 5) is 35.1. The molecule has 0 saturated heterocycles. The first-order valence-corrected chi connectivity index (χ1v) is 7.71. The maximum atomic E-state index is 12.0. The van der Waals surface area contributed by atoms with Crippen LogP contribution in [0.15, 0.2) is 30.3 Å². The minimum atomic E-state index is -1.10. The van der Waals surface area contributed by atoms with Gasteiger partial charge in [0, 0.05) is 14.0 Å². The molecule has 0 aliphatic heterocycles. The highest BCUT2D eigenvalue weighted by molar-refractivity contribution is 5.79. The van der Waals surface area contributed by atoms with Crippen LogP contribution in [0.1, 0.15) is 31.7 Å². The maximum absolute atomic E-state index is 12.0. The summed E-state index contributed by atoms with van der Waals surface area (Å²) in [5, 5.41) is 9.29. The molecule has 1 amide bonds. The first-order valence-electron chi connectivity index (χ1n) is 7.71. The van der Waals surface area contributed by atoms with Gasteiger partial charge in [0.15, 0.2) is 0 Å². The summed E-state index contributed by atoms with van der Waals surface area (Å²) in [6, 6.07) is 8.17. The quantitative estimate of drug-likeness (QED) is 0.549. The van der Waals surface area contributed by atoms with Crippen molar-refractivity contribution >= 4 is 18.0 Å². The normalized spacial score (nSPS) is 11.4. The Balaban J connectivity index is 2.43. The van der Waals surface area contributed by atoms with Crippen molar-refractivity contribution in [1.29, 1.82) is 0 Å². The summed E-state index contributed by atoms with van der Waals surface area (Å²) in [7, 11) is 1.40. The van der Waals surface area contributed by atoms with Crippen LogP contribution < -0.4 is 0 Å². The molecule has 0 aliphatic rings. The molecule has 1 aromatic carbocycles. The van der Waals surface area contributed by atoms with E-state index < -0.39 is 18.1 Å². The van der Waals surface area contributed by atoms with Crippen molar-refractivity contribution in [2.75, 3.05) is 13.7 Å². The molecule has 0 radical (unpaired) electrons. The Labute approximate surface area is 141 Å². The minimum absolute atomic E-state index is 0.0861. The molecular weight excluding hydrogens is 314 g/mol. The van der Waals surface area contributed by atoms with Gasteiger partial charge < -0.3 is 14.6 Å². The lowest BCUT2D eigenvalue weighted by molar-refractivity contribution is -0.143. The van der Waals surface area contributed by atoms with E-state index >= 15 is 0 Å². The number of benzene rings is 1. The average Bonchev–Trinajstić information content (AvgIpc) is 2.55. The molecular formula is C17H23NO6. The Hall–Kier alpha value is -2.57. The molecule has 0 aromatic heterocycles. The third-order valence-electron chi connectivity index (χ3n) is 3.42. The van der Waals surface area contributed by atoms with E-state index in [-0.39, 0.29) is 25.6 Å². The van der Waals surface area contributed by atoms with Gasteiger partial charge in [0.25, 0.3) is 0 Å². The molecule has 1 N–H and O–H groups in total. The van der Waals surface area contributed by atoms with E-state index in [0.29, 0.717) is 12.8 Å². The third kappa shape index (κ3) is 7.13. The van der Waals surface area contributed by atoms with Gasteiger partial charge in [-0.25, -0.2) is 9.59 Å². The van der Waals surface area contributed by atoms with Gasteiger partial charge in [-0.3, -0.25) is 9.69 Å². The van der Waals surface area contributed by atoms with Gasteiger partial charge in [-0.15, -0.1) is 0 Å². The van der Waals surface area contributed by atoms with Crippen LogP contribution in [0.3, 0.4) is 0 Å². The predicted molar refractivity (Wildman–Crippen MR) is 86.3 cm³/mol. The van der Waals surface area contributed by atoms with Gasteiger partial charge >= 0.3 is 18.0 Å². The van der Waals surface area contributed by atoms with Crippen molar-refractivity contribution < 1.29 is 29.0 Å². The number of ether oxygens (including phenoxy) is 2. The fraction of sp³-hybridized carbons (Fsp3) is 0.471. The number of carboxylic acids is 1. The molecule has 132 valence electrons. The summed E-state index contributed by atoms with van der Waals surface area (Å²) in [6.07, 6.45) is 0.621. The number of carboxylic acid groups (broad SMARTS) is 1. The molecule has 0 heterocycles. The Morgan fingerprint density at radius 3 is 2.38 bits per heavy atom. The maximum Gasteiger partial charge on any atom is 0.410 e. The van der Waals surface area contributed by atoms with E-state index in [9.17, 15) is 19.5 Å². The number of nitrogens with zero attached hydrogens (tertiary/aromatic N) is 1. The highest BCUT2D eigenvalue weighted by Crippen LogP contribution is 2.11. The number of hydrogen-bond donors (Lipinski definition) is 1. The van der Waals surface area contributed by atoms with Gasteiger partial charge in [0.1, 0.15) is 12.6 Å². The number of unbranched alkanes of at least 4 members (excludes halogenated alkanes) is 1. The van der Waals surface area contributed by atoms with Crippen LogP contribution >= 0.6 is 0 Å². The lowest BCUT2D eigenvalue weighted by Crippen LogP contribution is -2.42. The van der Waals surface area contributed by atoms with Gasteiger partial charge in [-0.1, -0.05) is 30.3 Å². The summed E-state index contributed by atoms with van der Waals surface area (Å²) in [6.45, 7) is 1.64. The molecule has 0 unspecified atom stereocenters. The number of rotatable bonds is 9. The number of likely N-dealkylation sites (N-methyl/N-ethyl adjacent to an activating group) is 1. The molecule has 0 spiro atoms. The summed E-state index contributed by atoms with van der Waals surface area (Å²) in [5.74, 6) is -1.46. The molecule has 1 aromatic rings. The average molecular weight is 337 g/mol. The zero-order valence-corrected chi connectivity index (χ0v) is 13.9. The number of hydrogen-bond acceptors (Lipinski definition) is 5. The fourth-order valence-electron chi connectivity index (χ4n) is 2.09. The van der Waals surface area contributed by atoms with Crippen molar-refractivity contribution in [2.45, 2.75) is 38.8 Å². The highest BCUT2D eigenvalue weighted by atomic mass is 16.6. The Kier molecular flexibility index (Phi) is 8.32. The monoisotopic (exact) mass is 337 g/mol. The predicted octanol–water partition coefficient (Wildman–Crippen LogP) is 2.44. The Morgan fingerprint density at radius 2 is 1.79 bits per heavy atom. The minimum Gasteiger partial charge on any atom is -0.480 e. The Morgan fingerprint density at radius 1 is 1.12 bits per heavy atom. The summed E-state index contributed by atoms with van der Waals surface area (Å²) >= 11 is 0. The molecule has 7 heteroatoms. The molecule has 0 fully saturated rings. The molecule has 0 aliphatic carbocycles. The lowest BCUT2D eigenvalue weighted by Gasteiger charge is -2.24. The van der Waals surface area contributed by atoms with Gasteiger partial charge in [0.2, 0.25) is 0 Å². The lowest BCUT2D eigenvalue weighted by atomic mass is 10.1. The van der Waals surface area contributed by atoms with Crippen LogP contribution in [-0.4, -0.2) is 47.7 Å². The topological polar surface area (TPSA) is 93.1 Å². The fourth-order valence-corrected chi connectivity index (χ4v) is 2.09. The summed E-state index contributed by atoms with van der Waals surface area (Å²) in [5.41, 5.74) is 0.826. The van der Waals surface area contributed by atoms with Crippen LogP contribution in [-0.2, 0) is 25.7 Å². The smallest absolute Gasteiger partial charge is 0.410 e. The van der Waals surface area contributed by atoms with Gasteiger partial charge in [0.05, 0.1) is 6.61 Å². The van der Waals surface area contributed by atoms with Crippen molar-refractivity contribution in [2.24, 2.45) is 0 Å². The molecule has 0 bridgehead atoms.